The molecule has 60 heavy (non-hydrogen) atoms. The first-order valence-corrected chi connectivity index (χ1v) is 20.2. The van der Waals surface area contributed by atoms with Crippen LogP contribution in [0, 0.1) is 12.7 Å². The summed E-state index contributed by atoms with van der Waals surface area (Å²) in [7, 11) is 0. The molecule has 316 valence electrons. The Balaban J connectivity index is 1.11. The molecule has 0 fully saturated rings. The lowest BCUT2D eigenvalue weighted by Gasteiger charge is -2.31. The van der Waals surface area contributed by atoms with Crippen molar-refractivity contribution < 1.29 is 38.2 Å². The van der Waals surface area contributed by atoms with E-state index in [4.69, 9.17) is 21.2 Å². The standard InChI is InChI=1S/C43H49FN8O8/c1-3-43(59)28-16-33-39-26(20-52(33)40(56)27(28)22-60-42(43)58)38-30(12-11-25-23(2)29(44)17-31(50-39)37(25)38)47-13-7-8-14-51(21-34(46)53)41(57)32(15-24-9-5-4-6-10-24)49-36(55)19-48-35(54)18-45/h4-6,9-10,16-17,30,32,47,59H,3,7-8,11-15,18-22,45H2,1-2H3,(H2,46,53)(H,48,54)(H,49,55)/t30-,32-,43-/m0/s1. The molecule has 17 heteroatoms. The number of esters is 1. The molecule has 2 aromatic carbocycles. The van der Waals surface area contributed by atoms with E-state index in [0.717, 1.165) is 27.6 Å². The molecular weight excluding hydrogens is 776 g/mol. The number of carbonyl (C=O) groups excluding carboxylic acids is 5. The number of ether oxygens (including phenoxy) is 1. The van der Waals surface area contributed by atoms with Crippen molar-refractivity contribution in [1.29, 1.82) is 0 Å². The highest BCUT2D eigenvalue weighted by Gasteiger charge is 2.46. The number of amides is 4. The van der Waals surface area contributed by atoms with Crippen molar-refractivity contribution in [2.24, 2.45) is 11.5 Å². The molecule has 0 radical (unpaired) electrons. The third-order valence-electron chi connectivity index (χ3n) is 11.8. The number of aromatic nitrogens is 2. The normalized spacial score (nSPS) is 17.9. The van der Waals surface area contributed by atoms with Crippen molar-refractivity contribution in [3.05, 3.63) is 97.6 Å². The lowest BCUT2D eigenvalue weighted by molar-refractivity contribution is -0.172. The van der Waals surface area contributed by atoms with Crippen LogP contribution < -0.4 is 33.0 Å². The van der Waals surface area contributed by atoms with Crippen LogP contribution in [0.3, 0.4) is 0 Å². The van der Waals surface area contributed by atoms with Gasteiger partial charge in [0, 0.05) is 41.6 Å². The van der Waals surface area contributed by atoms with E-state index in [1.807, 2.05) is 18.2 Å². The minimum atomic E-state index is -1.99. The van der Waals surface area contributed by atoms with E-state index in [9.17, 15) is 33.9 Å². The minimum absolute atomic E-state index is 0.000615. The third-order valence-corrected chi connectivity index (χ3v) is 11.8. The lowest BCUT2D eigenvalue weighted by Crippen LogP contribution is -2.53. The Morgan fingerprint density at radius 3 is 2.58 bits per heavy atom. The predicted molar refractivity (Wildman–Crippen MR) is 217 cm³/mol. The van der Waals surface area contributed by atoms with Gasteiger partial charge in [-0.15, -0.1) is 0 Å². The first kappa shape index (κ1) is 42.1. The van der Waals surface area contributed by atoms with Gasteiger partial charge in [0.2, 0.25) is 23.6 Å². The number of nitrogens with two attached hydrogens (primary N) is 2. The number of halogens is 1. The molecule has 1 aliphatic carbocycles. The monoisotopic (exact) mass is 824 g/mol. The van der Waals surface area contributed by atoms with Crippen molar-refractivity contribution in [3.8, 4) is 11.4 Å². The van der Waals surface area contributed by atoms with Gasteiger partial charge in [0.25, 0.3) is 5.56 Å². The Hall–Kier alpha value is -6.04. The summed E-state index contributed by atoms with van der Waals surface area (Å²) in [5, 5.41) is 20.9. The zero-order valence-electron chi connectivity index (χ0n) is 33.6. The second kappa shape index (κ2) is 17.3. The van der Waals surface area contributed by atoms with E-state index in [-0.39, 0.29) is 75.2 Å². The molecule has 2 aromatic heterocycles. The summed E-state index contributed by atoms with van der Waals surface area (Å²) in [5.74, 6) is -3.56. The van der Waals surface area contributed by atoms with Crippen LogP contribution in [0.15, 0.2) is 47.3 Å². The second-order valence-electron chi connectivity index (χ2n) is 15.6. The van der Waals surface area contributed by atoms with Crippen LogP contribution in [0.4, 0.5) is 4.39 Å². The van der Waals surface area contributed by atoms with Gasteiger partial charge >= 0.3 is 5.97 Å². The molecule has 0 saturated heterocycles. The molecule has 8 N–H and O–H groups in total. The molecule has 4 amide bonds. The summed E-state index contributed by atoms with van der Waals surface area (Å²) in [5.41, 5.74) is 14.2. The molecule has 16 nitrogen and oxygen atoms in total. The van der Waals surface area contributed by atoms with Gasteiger partial charge in [0.05, 0.1) is 48.6 Å². The molecular formula is C43H49FN8O8. The van der Waals surface area contributed by atoms with E-state index in [1.54, 1.807) is 36.6 Å². The number of nitrogens with zero attached hydrogens (tertiary/aromatic N) is 3. The van der Waals surface area contributed by atoms with E-state index in [1.165, 1.54) is 11.0 Å². The van der Waals surface area contributed by atoms with Gasteiger partial charge < -0.3 is 46.7 Å². The number of nitrogens with one attached hydrogen (secondary N) is 3. The molecule has 2 aliphatic heterocycles. The van der Waals surface area contributed by atoms with Crippen molar-refractivity contribution >= 4 is 40.5 Å². The van der Waals surface area contributed by atoms with E-state index < -0.39 is 46.8 Å². The topological polar surface area (TPSA) is 241 Å². The fourth-order valence-electron chi connectivity index (χ4n) is 8.68. The number of pyridine rings is 2. The number of rotatable bonds is 16. The van der Waals surface area contributed by atoms with Crippen LogP contribution in [-0.4, -0.2) is 87.9 Å². The van der Waals surface area contributed by atoms with Crippen LogP contribution in [0.1, 0.15) is 77.6 Å². The Kier molecular flexibility index (Phi) is 12.1. The van der Waals surface area contributed by atoms with Crippen LogP contribution in [-0.2, 0) is 60.3 Å². The number of aliphatic hydroxyl groups is 1. The van der Waals surface area contributed by atoms with Crippen molar-refractivity contribution in [2.75, 3.05) is 32.7 Å². The highest BCUT2D eigenvalue weighted by Crippen LogP contribution is 2.46. The Morgan fingerprint density at radius 1 is 1.10 bits per heavy atom. The molecule has 4 aromatic rings. The van der Waals surface area contributed by atoms with E-state index in [0.29, 0.717) is 54.7 Å². The number of unbranched alkanes of at least 4 members (excludes halogenated alkanes) is 1. The number of fused-ring (bicyclic) bond motifs is 5. The maximum Gasteiger partial charge on any atom is 0.343 e. The molecule has 0 bridgehead atoms. The first-order valence-electron chi connectivity index (χ1n) is 20.2. The van der Waals surface area contributed by atoms with Gasteiger partial charge in [-0.05, 0) is 73.9 Å². The number of cyclic esters (lactones) is 1. The fourth-order valence-corrected chi connectivity index (χ4v) is 8.68. The number of hydrogen-bond acceptors (Lipinski definition) is 11. The summed E-state index contributed by atoms with van der Waals surface area (Å²) >= 11 is 0. The first-order chi connectivity index (χ1) is 28.7. The maximum atomic E-state index is 15.4. The zero-order chi connectivity index (χ0) is 42.9. The molecule has 7 rings (SSSR count). The van der Waals surface area contributed by atoms with Crippen LogP contribution in [0.2, 0.25) is 0 Å². The number of benzene rings is 2. The summed E-state index contributed by atoms with van der Waals surface area (Å²) in [6, 6.07) is 10.8. The highest BCUT2D eigenvalue weighted by molar-refractivity contribution is 5.94. The van der Waals surface area contributed by atoms with E-state index in [2.05, 4.69) is 16.0 Å². The van der Waals surface area contributed by atoms with Gasteiger partial charge in [0.15, 0.2) is 5.60 Å². The smallest absolute Gasteiger partial charge is 0.343 e. The van der Waals surface area contributed by atoms with Gasteiger partial charge in [-0.3, -0.25) is 24.0 Å². The van der Waals surface area contributed by atoms with Gasteiger partial charge in [-0.1, -0.05) is 37.3 Å². The van der Waals surface area contributed by atoms with Crippen molar-refractivity contribution in [3.63, 3.8) is 0 Å². The highest BCUT2D eigenvalue weighted by atomic mass is 19.1. The van der Waals surface area contributed by atoms with Gasteiger partial charge in [-0.25, -0.2) is 14.2 Å². The maximum absolute atomic E-state index is 15.4. The largest absolute Gasteiger partial charge is 0.458 e. The number of aryl methyl sites for hydroxylation is 1. The summed E-state index contributed by atoms with van der Waals surface area (Å²) in [6.07, 6.45) is 2.38. The predicted octanol–water partition coefficient (Wildman–Crippen LogP) is 1.00. The molecule has 0 saturated carbocycles. The molecule has 4 heterocycles. The number of hydrogen-bond donors (Lipinski definition) is 6. The second-order valence-corrected chi connectivity index (χ2v) is 15.6. The fraction of sp³-hybridized carbons (Fsp3) is 0.419. The Bertz CT molecular complexity index is 2460. The van der Waals surface area contributed by atoms with Crippen LogP contribution in [0.5, 0.6) is 0 Å². The van der Waals surface area contributed by atoms with Crippen molar-refractivity contribution in [2.45, 2.75) is 83.2 Å². The van der Waals surface area contributed by atoms with Gasteiger partial charge in [-0.2, -0.15) is 0 Å². The lowest BCUT2D eigenvalue weighted by atomic mass is 9.81. The molecule has 3 atom stereocenters. The molecule has 0 spiro atoms. The minimum Gasteiger partial charge on any atom is -0.458 e. The number of carbonyl (C=O) groups is 5. The zero-order valence-corrected chi connectivity index (χ0v) is 33.6. The van der Waals surface area contributed by atoms with Gasteiger partial charge in [0.1, 0.15) is 18.5 Å². The SMILES string of the molecule is CC[C@@]1(O)C(=O)OCc2c1cc1n(c2=O)Cc2c-1nc1cc(F)c(C)c3c1c2[C@@H](NCCCCN(CC(N)=O)C(=O)[C@H](Cc1ccccc1)NC(=O)CNC(=O)CN)CC3. The average molecular weight is 825 g/mol. The summed E-state index contributed by atoms with van der Waals surface area (Å²) in [4.78, 5) is 83.5. The Labute approximate surface area is 344 Å². The quantitative estimate of drug-likeness (QED) is 0.0606. The Morgan fingerprint density at radius 2 is 1.87 bits per heavy atom. The summed E-state index contributed by atoms with van der Waals surface area (Å²) in [6.45, 7) is 2.92. The molecule has 3 aliphatic rings. The van der Waals surface area contributed by atoms with Crippen LogP contribution >= 0.6 is 0 Å². The van der Waals surface area contributed by atoms with Crippen LogP contribution in [0.25, 0.3) is 22.3 Å². The average Bonchev–Trinajstić information content (AvgIpc) is 3.61. The van der Waals surface area contributed by atoms with E-state index >= 15 is 4.39 Å². The number of primary amides is 1. The molecule has 0 unspecified atom stereocenters. The van der Waals surface area contributed by atoms with Crippen molar-refractivity contribution in [1.82, 2.24) is 30.4 Å². The third kappa shape index (κ3) is 7.99. The summed E-state index contributed by atoms with van der Waals surface area (Å²) < 4.78 is 22.2.